The van der Waals surface area contributed by atoms with Crippen molar-refractivity contribution >= 4 is 33.0 Å². The highest BCUT2D eigenvalue weighted by molar-refractivity contribution is 7.19. The van der Waals surface area contributed by atoms with Crippen LogP contribution in [0, 0.1) is 0 Å². The molecule has 1 aliphatic carbocycles. The zero-order chi connectivity index (χ0) is 21.5. The van der Waals surface area contributed by atoms with Crippen molar-refractivity contribution in [2.24, 2.45) is 0 Å². The number of aryl methyl sites for hydroxylation is 3. The van der Waals surface area contributed by atoms with Gasteiger partial charge in [-0.25, -0.2) is 4.68 Å². The lowest BCUT2D eigenvalue weighted by Crippen LogP contribution is -2.37. The number of aromatic nitrogens is 3. The lowest BCUT2D eigenvalue weighted by molar-refractivity contribution is -0.122. The molecular formula is C24H26N4O2S. The lowest BCUT2D eigenvalue weighted by atomic mass is 9.88. The molecule has 1 aliphatic rings. The number of amides is 1. The van der Waals surface area contributed by atoms with Gasteiger partial charge in [0, 0.05) is 11.3 Å². The smallest absolute Gasteiger partial charge is 0.291 e. The van der Waals surface area contributed by atoms with Crippen LogP contribution in [-0.2, 0) is 30.6 Å². The third-order valence-corrected chi connectivity index (χ3v) is 7.37. The van der Waals surface area contributed by atoms with Crippen LogP contribution in [0.4, 0.5) is 0 Å². The van der Waals surface area contributed by atoms with E-state index < -0.39 is 0 Å². The van der Waals surface area contributed by atoms with E-state index in [-0.39, 0.29) is 24.1 Å². The van der Waals surface area contributed by atoms with Gasteiger partial charge in [-0.3, -0.25) is 14.0 Å². The molecule has 160 valence electrons. The minimum Gasteiger partial charge on any atom is -0.348 e. The second-order valence-electron chi connectivity index (χ2n) is 8.12. The first-order valence-corrected chi connectivity index (χ1v) is 11.8. The number of hydrogen-bond acceptors (Lipinski definition) is 4. The highest BCUT2D eigenvalue weighted by atomic mass is 32.1. The molecule has 31 heavy (non-hydrogen) atoms. The molecule has 1 amide bonds. The Bertz CT molecular complexity index is 1350. The van der Waals surface area contributed by atoms with Gasteiger partial charge in [0.05, 0.1) is 16.3 Å². The zero-order valence-corrected chi connectivity index (χ0v) is 18.7. The number of carbonyl (C=O) groups excluding carboxylic acids is 1. The van der Waals surface area contributed by atoms with Crippen molar-refractivity contribution in [1.82, 2.24) is 19.5 Å². The number of carbonyl (C=O) groups is 1. The molecule has 0 unspecified atom stereocenters. The molecule has 0 spiro atoms. The number of hydrogen-bond donors (Lipinski definition) is 1. The molecule has 1 aromatic carbocycles. The van der Waals surface area contributed by atoms with Crippen LogP contribution in [0.2, 0.25) is 0 Å². The van der Waals surface area contributed by atoms with Crippen molar-refractivity contribution in [1.29, 1.82) is 0 Å². The predicted octanol–water partition coefficient (Wildman–Crippen LogP) is 4.03. The predicted molar refractivity (Wildman–Crippen MR) is 124 cm³/mol. The van der Waals surface area contributed by atoms with E-state index in [1.54, 1.807) is 11.3 Å². The van der Waals surface area contributed by atoms with Gasteiger partial charge < -0.3 is 5.32 Å². The van der Waals surface area contributed by atoms with Gasteiger partial charge in [-0.05, 0) is 48.9 Å². The molecule has 0 fully saturated rings. The Hall–Kier alpha value is -2.93. The Labute approximate surface area is 184 Å². The van der Waals surface area contributed by atoms with Crippen LogP contribution in [0.3, 0.4) is 0 Å². The van der Waals surface area contributed by atoms with E-state index in [2.05, 4.69) is 35.5 Å². The monoisotopic (exact) mass is 434 g/mol. The molecule has 3 aromatic heterocycles. The van der Waals surface area contributed by atoms with Crippen molar-refractivity contribution in [3.05, 3.63) is 68.6 Å². The Kier molecular flexibility index (Phi) is 5.14. The van der Waals surface area contributed by atoms with Crippen LogP contribution in [0.1, 0.15) is 54.6 Å². The summed E-state index contributed by atoms with van der Waals surface area (Å²) < 4.78 is 4.37. The summed E-state index contributed by atoms with van der Waals surface area (Å²) in [5.41, 5.74) is 3.88. The van der Waals surface area contributed by atoms with Crippen LogP contribution in [0.5, 0.6) is 0 Å². The summed E-state index contributed by atoms with van der Waals surface area (Å²) in [5.74, 6) is 0.616. The van der Waals surface area contributed by atoms with Gasteiger partial charge in [0.25, 0.3) is 5.56 Å². The van der Waals surface area contributed by atoms with E-state index in [1.165, 1.54) is 20.7 Å². The Morgan fingerprint density at radius 3 is 2.84 bits per heavy atom. The summed E-state index contributed by atoms with van der Waals surface area (Å²) >= 11 is 1.71. The van der Waals surface area contributed by atoms with Crippen LogP contribution in [-0.4, -0.2) is 20.1 Å². The molecule has 0 bridgehead atoms. The molecule has 3 heterocycles. The first-order chi connectivity index (χ1) is 15.1. The van der Waals surface area contributed by atoms with Crippen molar-refractivity contribution < 1.29 is 4.79 Å². The quantitative estimate of drug-likeness (QED) is 0.516. The van der Waals surface area contributed by atoms with Gasteiger partial charge >= 0.3 is 0 Å². The summed E-state index contributed by atoms with van der Waals surface area (Å²) in [7, 11) is 0. The van der Waals surface area contributed by atoms with Crippen molar-refractivity contribution in [3.8, 4) is 0 Å². The summed E-state index contributed by atoms with van der Waals surface area (Å²) in [5, 5.41) is 7.69. The van der Waals surface area contributed by atoms with Gasteiger partial charge in [0.15, 0.2) is 0 Å². The number of nitrogens with one attached hydrogen (secondary N) is 1. The van der Waals surface area contributed by atoms with E-state index in [0.717, 1.165) is 41.7 Å². The molecule has 5 rings (SSSR count). The summed E-state index contributed by atoms with van der Waals surface area (Å²) in [6, 6.07) is 12.3. The van der Waals surface area contributed by atoms with E-state index in [1.807, 2.05) is 29.5 Å². The summed E-state index contributed by atoms with van der Waals surface area (Å²) in [6.07, 6.45) is 4.66. The largest absolute Gasteiger partial charge is 0.348 e. The van der Waals surface area contributed by atoms with Crippen LogP contribution >= 0.6 is 11.3 Å². The van der Waals surface area contributed by atoms with E-state index >= 15 is 0 Å². The number of thiophene rings is 1. The van der Waals surface area contributed by atoms with Crippen LogP contribution < -0.4 is 10.9 Å². The van der Waals surface area contributed by atoms with Gasteiger partial charge in [-0.1, -0.05) is 38.1 Å². The lowest BCUT2D eigenvalue weighted by Gasteiger charge is -2.26. The summed E-state index contributed by atoms with van der Waals surface area (Å²) in [4.78, 5) is 27.3. The van der Waals surface area contributed by atoms with Crippen molar-refractivity contribution in [3.63, 3.8) is 0 Å². The van der Waals surface area contributed by atoms with Gasteiger partial charge in [-0.2, -0.15) is 5.10 Å². The Balaban J connectivity index is 1.46. The molecule has 0 saturated carbocycles. The number of fused-ring (bicyclic) bond motifs is 4. The normalized spacial score (nSPS) is 16.0. The second-order valence-corrected chi connectivity index (χ2v) is 9.29. The van der Waals surface area contributed by atoms with Gasteiger partial charge in [0.2, 0.25) is 5.91 Å². The van der Waals surface area contributed by atoms with Crippen molar-refractivity contribution in [2.75, 3.05) is 0 Å². The van der Waals surface area contributed by atoms with Crippen LogP contribution in [0.15, 0.2) is 41.2 Å². The first-order valence-electron chi connectivity index (χ1n) is 11.0. The van der Waals surface area contributed by atoms with E-state index in [0.29, 0.717) is 11.9 Å². The Morgan fingerprint density at radius 1 is 1.19 bits per heavy atom. The highest BCUT2D eigenvalue weighted by Gasteiger charge is 2.22. The van der Waals surface area contributed by atoms with E-state index in [4.69, 9.17) is 0 Å². The highest BCUT2D eigenvalue weighted by Crippen LogP contribution is 2.30. The third kappa shape index (κ3) is 3.47. The second kappa shape index (κ2) is 7.96. The maximum absolute atomic E-state index is 13.1. The van der Waals surface area contributed by atoms with Crippen LogP contribution in [0.25, 0.3) is 15.7 Å². The molecule has 1 N–H and O–H groups in total. The minimum absolute atomic E-state index is 0.00590. The fourth-order valence-electron chi connectivity index (χ4n) is 4.63. The number of rotatable bonds is 5. The maximum Gasteiger partial charge on any atom is 0.291 e. The van der Waals surface area contributed by atoms with E-state index in [9.17, 15) is 9.59 Å². The fraction of sp³-hybridized carbons (Fsp3) is 0.375. The number of benzene rings is 1. The molecule has 0 saturated heterocycles. The Morgan fingerprint density at radius 2 is 2.03 bits per heavy atom. The SMILES string of the molecule is CCc1cc2c(cc3c(=O)n(CC(=O)N[C@H]4CCCc5ccccc54)nc(CC)n32)s1. The number of nitrogens with zero attached hydrogens (tertiary/aromatic N) is 3. The molecule has 0 radical (unpaired) electrons. The molecule has 0 aliphatic heterocycles. The topological polar surface area (TPSA) is 68.4 Å². The first kappa shape index (κ1) is 20.0. The molecular weight excluding hydrogens is 408 g/mol. The summed E-state index contributed by atoms with van der Waals surface area (Å²) in [6.45, 7) is 4.08. The molecule has 6 nitrogen and oxygen atoms in total. The standard InChI is InChI=1S/C24H26N4O2S/c1-3-16-12-19-21(31-16)13-20-24(30)27(26-22(4-2)28(19)20)14-23(29)25-18-11-7-9-15-8-5-6-10-17(15)18/h5-6,8,10,12-13,18H,3-4,7,9,11,14H2,1-2H3,(H,25,29)/t18-/m0/s1. The van der Waals surface area contributed by atoms with Gasteiger partial charge in [0.1, 0.15) is 17.9 Å². The average molecular weight is 435 g/mol. The zero-order valence-electron chi connectivity index (χ0n) is 17.9. The molecule has 7 heteroatoms. The molecule has 1 atom stereocenters. The van der Waals surface area contributed by atoms with Crippen molar-refractivity contribution in [2.45, 2.75) is 58.5 Å². The van der Waals surface area contributed by atoms with Gasteiger partial charge in [-0.15, -0.1) is 11.3 Å². The average Bonchev–Trinajstić information content (AvgIpc) is 3.34. The minimum atomic E-state index is -0.224. The maximum atomic E-state index is 13.1. The molecule has 4 aromatic rings. The third-order valence-electron chi connectivity index (χ3n) is 6.15. The fourth-order valence-corrected chi connectivity index (χ4v) is 5.65.